The Morgan fingerprint density at radius 2 is 1.88 bits per heavy atom. The van der Waals surface area contributed by atoms with Gasteiger partial charge < -0.3 is 15.4 Å². The number of hydrogen-bond acceptors (Lipinski definition) is 3. The third-order valence-corrected chi connectivity index (χ3v) is 3.54. The van der Waals surface area contributed by atoms with Crippen molar-refractivity contribution in [3.8, 4) is 0 Å². The molecule has 3 heteroatoms. The third-order valence-electron chi connectivity index (χ3n) is 3.54. The molecule has 1 fully saturated rings. The van der Waals surface area contributed by atoms with Crippen molar-refractivity contribution in [3.63, 3.8) is 0 Å². The maximum Gasteiger partial charge on any atom is 0.0480 e. The second-order valence-electron chi connectivity index (χ2n) is 6.64. The number of ether oxygens (including phenoxy) is 1. The number of nitrogens with zero attached hydrogens (tertiary/aromatic N) is 1. The number of nitrogens with two attached hydrogens (primary N) is 1. The van der Waals surface area contributed by atoms with Gasteiger partial charge in [0, 0.05) is 25.3 Å². The molecular weight excluding hydrogens is 212 g/mol. The van der Waals surface area contributed by atoms with Gasteiger partial charge in [-0.2, -0.15) is 0 Å². The summed E-state index contributed by atoms with van der Waals surface area (Å²) in [7, 11) is 2.22. The maximum absolute atomic E-state index is 6.19. The molecule has 102 valence electrons. The highest BCUT2D eigenvalue weighted by Crippen LogP contribution is 2.21. The topological polar surface area (TPSA) is 38.5 Å². The normalized spacial score (nSPS) is 20.8. The van der Waals surface area contributed by atoms with Gasteiger partial charge in [-0.25, -0.2) is 0 Å². The van der Waals surface area contributed by atoms with E-state index in [9.17, 15) is 0 Å². The van der Waals surface area contributed by atoms with Crippen LogP contribution in [0.1, 0.15) is 46.5 Å². The molecule has 0 spiro atoms. The standard InChI is InChI=1S/C14H30N2O/c1-14(2,3)11-12(15)5-8-16(4)13-6-9-17-10-7-13/h12-13H,5-11,15H2,1-4H3. The fraction of sp³-hybridized carbons (Fsp3) is 1.00. The minimum atomic E-state index is 0.331. The first kappa shape index (κ1) is 14.9. The fourth-order valence-corrected chi connectivity index (χ4v) is 2.57. The fourth-order valence-electron chi connectivity index (χ4n) is 2.57. The van der Waals surface area contributed by atoms with E-state index in [2.05, 4.69) is 32.7 Å². The molecule has 0 saturated carbocycles. The molecule has 0 aliphatic carbocycles. The van der Waals surface area contributed by atoms with E-state index in [1.165, 1.54) is 12.8 Å². The highest BCUT2D eigenvalue weighted by Gasteiger charge is 2.20. The van der Waals surface area contributed by atoms with Gasteiger partial charge in [-0.05, 0) is 44.7 Å². The van der Waals surface area contributed by atoms with Gasteiger partial charge in [0.1, 0.15) is 0 Å². The zero-order valence-electron chi connectivity index (χ0n) is 12.0. The Hall–Kier alpha value is -0.120. The van der Waals surface area contributed by atoms with Crippen LogP contribution in [0.3, 0.4) is 0 Å². The molecule has 17 heavy (non-hydrogen) atoms. The Balaban J connectivity index is 2.20. The molecule has 1 saturated heterocycles. The molecule has 0 aromatic rings. The molecule has 0 aromatic heterocycles. The van der Waals surface area contributed by atoms with E-state index >= 15 is 0 Å². The molecule has 0 amide bonds. The van der Waals surface area contributed by atoms with Gasteiger partial charge in [-0.1, -0.05) is 20.8 Å². The summed E-state index contributed by atoms with van der Waals surface area (Å²) in [5, 5.41) is 0. The lowest BCUT2D eigenvalue weighted by Gasteiger charge is -2.32. The smallest absolute Gasteiger partial charge is 0.0480 e. The summed E-state index contributed by atoms with van der Waals surface area (Å²) >= 11 is 0. The van der Waals surface area contributed by atoms with Crippen molar-refractivity contribution in [1.29, 1.82) is 0 Å². The second kappa shape index (κ2) is 6.72. The van der Waals surface area contributed by atoms with E-state index in [1.807, 2.05) is 0 Å². The van der Waals surface area contributed by atoms with Crippen LogP contribution in [0.2, 0.25) is 0 Å². The summed E-state index contributed by atoms with van der Waals surface area (Å²) < 4.78 is 5.39. The Kier molecular flexibility index (Phi) is 5.90. The van der Waals surface area contributed by atoms with Crippen LogP contribution >= 0.6 is 0 Å². The third kappa shape index (κ3) is 6.39. The first-order chi connectivity index (χ1) is 7.88. The van der Waals surface area contributed by atoms with Crippen LogP contribution in [0.4, 0.5) is 0 Å². The Labute approximate surface area is 107 Å². The molecule has 0 radical (unpaired) electrons. The zero-order valence-corrected chi connectivity index (χ0v) is 12.0. The van der Waals surface area contributed by atoms with Crippen molar-refractivity contribution in [2.24, 2.45) is 11.1 Å². The van der Waals surface area contributed by atoms with Gasteiger partial charge >= 0.3 is 0 Å². The van der Waals surface area contributed by atoms with Crippen molar-refractivity contribution in [2.45, 2.75) is 58.5 Å². The highest BCUT2D eigenvalue weighted by molar-refractivity contribution is 4.76. The predicted octanol–water partition coefficient (Wildman–Crippen LogP) is 2.25. The Morgan fingerprint density at radius 3 is 2.41 bits per heavy atom. The van der Waals surface area contributed by atoms with E-state index < -0.39 is 0 Å². The first-order valence-corrected chi connectivity index (χ1v) is 6.92. The van der Waals surface area contributed by atoms with Gasteiger partial charge in [0.05, 0.1) is 0 Å². The summed E-state index contributed by atoms with van der Waals surface area (Å²) in [4.78, 5) is 2.46. The molecule has 3 nitrogen and oxygen atoms in total. The molecule has 1 rings (SSSR count). The van der Waals surface area contributed by atoms with E-state index in [0.717, 1.165) is 32.6 Å². The molecule has 1 heterocycles. The van der Waals surface area contributed by atoms with Crippen molar-refractivity contribution in [2.75, 3.05) is 26.8 Å². The van der Waals surface area contributed by atoms with Gasteiger partial charge in [-0.15, -0.1) is 0 Å². The first-order valence-electron chi connectivity index (χ1n) is 6.92. The maximum atomic E-state index is 6.19. The SMILES string of the molecule is CN(CCC(N)CC(C)(C)C)C1CCOCC1. The lowest BCUT2D eigenvalue weighted by molar-refractivity contribution is 0.0419. The van der Waals surface area contributed by atoms with Gasteiger partial charge in [-0.3, -0.25) is 0 Å². The Morgan fingerprint density at radius 1 is 1.29 bits per heavy atom. The highest BCUT2D eigenvalue weighted by atomic mass is 16.5. The summed E-state index contributed by atoms with van der Waals surface area (Å²) in [5.74, 6) is 0. The quantitative estimate of drug-likeness (QED) is 0.803. The van der Waals surface area contributed by atoms with Crippen molar-refractivity contribution in [3.05, 3.63) is 0 Å². The average molecular weight is 242 g/mol. The molecule has 1 atom stereocenters. The summed E-state index contributed by atoms with van der Waals surface area (Å²) in [6.45, 7) is 9.73. The lowest BCUT2D eigenvalue weighted by atomic mass is 9.87. The van der Waals surface area contributed by atoms with Gasteiger partial charge in [0.25, 0.3) is 0 Å². The molecule has 1 unspecified atom stereocenters. The van der Waals surface area contributed by atoms with Crippen LogP contribution in [0.25, 0.3) is 0 Å². The minimum absolute atomic E-state index is 0.331. The van der Waals surface area contributed by atoms with Crippen LogP contribution in [-0.4, -0.2) is 43.8 Å². The summed E-state index contributed by atoms with van der Waals surface area (Å²) in [6, 6.07) is 1.03. The van der Waals surface area contributed by atoms with E-state index in [1.54, 1.807) is 0 Å². The molecule has 2 N–H and O–H groups in total. The number of hydrogen-bond donors (Lipinski definition) is 1. The summed E-state index contributed by atoms with van der Waals surface area (Å²) in [5.41, 5.74) is 6.53. The van der Waals surface area contributed by atoms with Crippen molar-refractivity contribution in [1.82, 2.24) is 4.90 Å². The summed E-state index contributed by atoms with van der Waals surface area (Å²) in [6.07, 6.45) is 4.55. The van der Waals surface area contributed by atoms with Gasteiger partial charge in [0.15, 0.2) is 0 Å². The molecule has 1 aliphatic rings. The second-order valence-corrected chi connectivity index (χ2v) is 6.64. The average Bonchev–Trinajstić information content (AvgIpc) is 2.25. The van der Waals surface area contributed by atoms with E-state index in [4.69, 9.17) is 10.5 Å². The van der Waals surface area contributed by atoms with Crippen LogP contribution in [0.15, 0.2) is 0 Å². The Bertz CT molecular complexity index is 207. The monoisotopic (exact) mass is 242 g/mol. The largest absolute Gasteiger partial charge is 0.381 e. The number of rotatable bonds is 5. The van der Waals surface area contributed by atoms with E-state index in [0.29, 0.717) is 17.5 Å². The lowest BCUT2D eigenvalue weighted by Crippen LogP contribution is -2.39. The minimum Gasteiger partial charge on any atom is -0.381 e. The predicted molar refractivity (Wildman–Crippen MR) is 73.1 cm³/mol. The van der Waals surface area contributed by atoms with Crippen LogP contribution in [0.5, 0.6) is 0 Å². The van der Waals surface area contributed by atoms with E-state index in [-0.39, 0.29) is 0 Å². The van der Waals surface area contributed by atoms with Crippen molar-refractivity contribution < 1.29 is 4.74 Å². The van der Waals surface area contributed by atoms with Crippen LogP contribution in [-0.2, 0) is 4.74 Å². The molecule has 0 aromatic carbocycles. The molecule has 0 bridgehead atoms. The van der Waals surface area contributed by atoms with Crippen molar-refractivity contribution >= 4 is 0 Å². The molecule has 1 aliphatic heterocycles. The van der Waals surface area contributed by atoms with Crippen LogP contribution in [0, 0.1) is 5.41 Å². The zero-order chi connectivity index (χ0) is 12.9. The molecular formula is C14H30N2O. The van der Waals surface area contributed by atoms with Crippen LogP contribution < -0.4 is 5.73 Å². The van der Waals surface area contributed by atoms with Gasteiger partial charge in [0.2, 0.25) is 0 Å².